The SMILES string of the molecule is CCCNC(Cc1ccc(C)cc1)c1ccoc1Cl. The molecule has 0 amide bonds. The Morgan fingerprint density at radius 1 is 1.21 bits per heavy atom. The molecule has 0 aliphatic carbocycles. The molecular formula is C16H20ClNO. The van der Waals surface area contributed by atoms with Gasteiger partial charge in [-0.3, -0.25) is 0 Å². The summed E-state index contributed by atoms with van der Waals surface area (Å²) in [5.74, 6) is 0. The minimum absolute atomic E-state index is 0.203. The van der Waals surface area contributed by atoms with Crippen LogP contribution in [0.1, 0.15) is 36.1 Å². The van der Waals surface area contributed by atoms with Gasteiger partial charge in [-0.25, -0.2) is 0 Å². The molecule has 0 bridgehead atoms. The zero-order chi connectivity index (χ0) is 13.7. The third-order valence-corrected chi connectivity index (χ3v) is 3.53. The van der Waals surface area contributed by atoms with Crippen molar-refractivity contribution in [1.29, 1.82) is 0 Å². The monoisotopic (exact) mass is 277 g/mol. The minimum atomic E-state index is 0.203. The highest BCUT2D eigenvalue weighted by Gasteiger charge is 2.16. The number of rotatable bonds is 6. The highest BCUT2D eigenvalue weighted by molar-refractivity contribution is 6.29. The largest absolute Gasteiger partial charge is 0.453 e. The van der Waals surface area contributed by atoms with Crippen LogP contribution in [0.15, 0.2) is 41.0 Å². The summed E-state index contributed by atoms with van der Waals surface area (Å²) in [4.78, 5) is 0. The van der Waals surface area contributed by atoms with Crippen LogP contribution < -0.4 is 5.32 Å². The molecule has 2 aromatic rings. The molecule has 1 unspecified atom stereocenters. The van der Waals surface area contributed by atoms with E-state index in [2.05, 4.69) is 43.4 Å². The van der Waals surface area contributed by atoms with Crippen LogP contribution in [0.5, 0.6) is 0 Å². The van der Waals surface area contributed by atoms with E-state index >= 15 is 0 Å². The Morgan fingerprint density at radius 2 is 1.95 bits per heavy atom. The third-order valence-electron chi connectivity index (χ3n) is 3.22. The predicted molar refractivity (Wildman–Crippen MR) is 79.6 cm³/mol. The van der Waals surface area contributed by atoms with Gasteiger partial charge in [-0.1, -0.05) is 36.8 Å². The summed E-state index contributed by atoms with van der Waals surface area (Å²) >= 11 is 6.10. The fourth-order valence-electron chi connectivity index (χ4n) is 2.12. The molecule has 1 atom stereocenters. The first-order chi connectivity index (χ1) is 9.20. The van der Waals surface area contributed by atoms with E-state index in [9.17, 15) is 0 Å². The van der Waals surface area contributed by atoms with Gasteiger partial charge in [-0.05, 0) is 49.5 Å². The van der Waals surface area contributed by atoms with Gasteiger partial charge < -0.3 is 9.73 Å². The molecule has 1 N–H and O–H groups in total. The van der Waals surface area contributed by atoms with E-state index in [-0.39, 0.29) is 6.04 Å². The molecule has 19 heavy (non-hydrogen) atoms. The third kappa shape index (κ3) is 3.85. The maximum Gasteiger partial charge on any atom is 0.197 e. The Morgan fingerprint density at radius 3 is 2.53 bits per heavy atom. The fraction of sp³-hybridized carbons (Fsp3) is 0.375. The second-order valence-corrected chi connectivity index (χ2v) is 5.19. The van der Waals surface area contributed by atoms with E-state index in [0.29, 0.717) is 5.22 Å². The lowest BCUT2D eigenvalue weighted by Gasteiger charge is -2.18. The first-order valence-electron chi connectivity index (χ1n) is 6.72. The molecule has 0 radical (unpaired) electrons. The summed E-state index contributed by atoms with van der Waals surface area (Å²) in [6, 6.07) is 10.8. The Labute approximate surface area is 119 Å². The van der Waals surface area contributed by atoms with Crippen LogP contribution in [-0.2, 0) is 6.42 Å². The van der Waals surface area contributed by atoms with Crippen molar-refractivity contribution in [3.8, 4) is 0 Å². The summed E-state index contributed by atoms with van der Waals surface area (Å²) in [5.41, 5.74) is 3.62. The number of benzene rings is 1. The molecular weight excluding hydrogens is 258 g/mol. The number of aryl methyl sites for hydroxylation is 1. The van der Waals surface area contributed by atoms with E-state index in [1.54, 1.807) is 6.26 Å². The van der Waals surface area contributed by atoms with E-state index < -0.39 is 0 Å². The molecule has 1 aromatic carbocycles. The lowest BCUT2D eigenvalue weighted by molar-refractivity contribution is 0.513. The van der Waals surface area contributed by atoms with Gasteiger partial charge >= 0.3 is 0 Å². The van der Waals surface area contributed by atoms with Gasteiger partial charge in [0.2, 0.25) is 0 Å². The van der Waals surface area contributed by atoms with E-state index in [1.807, 2.05) is 6.07 Å². The van der Waals surface area contributed by atoms with E-state index in [0.717, 1.165) is 24.9 Å². The van der Waals surface area contributed by atoms with Gasteiger partial charge in [0.25, 0.3) is 0 Å². The summed E-state index contributed by atoms with van der Waals surface area (Å²) in [6.45, 7) is 5.23. The summed E-state index contributed by atoms with van der Waals surface area (Å²) in [7, 11) is 0. The summed E-state index contributed by atoms with van der Waals surface area (Å²) < 4.78 is 5.21. The molecule has 0 saturated carbocycles. The first kappa shape index (κ1) is 14.2. The molecule has 2 rings (SSSR count). The van der Waals surface area contributed by atoms with Crippen LogP contribution in [0.3, 0.4) is 0 Å². The Bertz CT molecular complexity index is 504. The Balaban J connectivity index is 2.14. The summed E-state index contributed by atoms with van der Waals surface area (Å²) in [5, 5.41) is 4.02. The smallest absolute Gasteiger partial charge is 0.197 e. The molecule has 102 valence electrons. The second kappa shape index (κ2) is 6.78. The number of nitrogens with one attached hydrogen (secondary N) is 1. The van der Waals surface area contributed by atoms with Crippen molar-refractivity contribution < 1.29 is 4.42 Å². The van der Waals surface area contributed by atoms with E-state index in [4.69, 9.17) is 16.0 Å². The van der Waals surface area contributed by atoms with Crippen LogP contribution in [-0.4, -0.2) is 6.54 Å². The van der Waals surface area contributed by atoms with Crippen LogP contribution in [0.25, 0.3) is 0 Å². The van der Waals surface area contributed by atoms with Crippen LogP contribution >= 0.6 is 11.6 Å². The van der Waals surface area contributed by atoms with Crippen molar-refractivity contribution in [2.75, 3.05) is 6.54 Å². The van der Waals surface area contributed by atoms with Crippen molar-refractivity contribution in [2.24, 2.45) is 0 Å². The number of hydrogen-bond donors (Lipinski definition) is 1. The summed E-state index contributed by atoms with van der Waals surface area (Å²) in [6.07, 6.45) is 3.66. The Hall–Kier alpha value is -1.25. The standard InChI is InChI=1S/C16H20ClNO/c1-3-9-18-15(14-8-10-19-16(14)17)11-13-6-4-12(2)5-7-13/h4-8,10,15,18H,3,9,11H2,1-2H3. The molecule has 3 heteroatoms. The van der Waals surface area contributed by atoms with E-state index in [1.165, 1.54) is 11.1 Å². The van der Waals surface area contributed by atoms with Crippen molar-refractivity contribution in [3.05, 3.63) is 58.5 Å². The quantitative estimate of drug-likeness (QED) is 0.839. The second-order valence-electron chi connectivity index (χ2n) is 4.85. The molecule has 2 nitrogen and oxygen atoms in total. The van der Waals surface area contributed by atoms with Gasteiger partial charge in [0.05, 0.1) is 6.26 Å². The lowest BCUT2D eigenvalue weighted by atomic mass is 10.00. The van der Waals surface area contributed by atoms with Crippen molar-refractivity contribution in [1.82, 2.24) is 5.32 Å². The average Bonchev–Trinajstić information content (AvgIpc) is 2.83. The highest BCUT2D eigenvalue weighted by atomic mass is 35.5. The van der Waals surface area contributed by atoms with Crippen LogP contribution in [0, 0.1) is 6.92 Å². The molecule has 1 heterocycles. The number of halogens is 1. The molecule has 1 aromatic heterocycles. The van der Waals surface area contributed by atoms with Gasteiger partial charge in [-0.2, -0.15) is 0 Å². The maximum atomic E-state index is 6.10. The minimum Gasteiger partial charge on any atom is -0.453 e. The predicted octanol–water partition coefficient (Wildman–Crippen LogP) is 4.52. The molecule has 0 aliphatic heterocycles. The highest BCUT2D eigenvalue weighted by Crippen LogP contribution is 2.27. The lowest BCUT2D eigenvalue weighted by Crippen LogP contribution is -2.24. The zero-order valence-corrected chi connectivity index (χ0v) is 12.2. The normalized spacial score (nSPS) is 12.6. The van der Waals surface area contributed by atoms with Crippen molar-refractivity contribution >= 4 is 11.6 Å². The molecule has 0 aliphatic rings. The Kier molecular flexibility index (Phi) is 5.06. The van der Waals surface area contributed by atoms with Gasteiger partial charge in [0.15, 0.2) is 5.22 Å². The van der Waals surface area contributed by atoms with Crippen molar-refractivity contribution in [2.45, 2.75) is 32.7 Å². The topological polar surface area (TPSA) is 25.2 Å². The van der Waals surface area contributed by atoms with Crippen molar-refractivity contribution in [3.63, 3.8) is 0 Å². The maximum absolute atomic E-state index is 6.10. The zero-order valence-electron chi connectivity index (χ0n) is 11.4. The van der Waals surface area contributed by atoms with Gasteiger partial charge in [0.1, 0.15) is 0 Å². The number of hydrogen-bond acceptors (Lipinski definition) is 2. The molecule has 0 fully saturated rings. The van der Waals surface area contributed by atoms with Crippen LogP contribution in [0.2, 0.25) is 5.22 Å². The van der Waals surface area contributed by atoms with Crippen LogP contribution in [0.4, 0.5) is 0 Å². The fourth-order valence-corrected chi connectivity index (χ4v) is 2.37. The first-order valence-corrected chi connectivity index (χ1v) is 7.10. The molecule has 0 spiro atoms. The average molecular weight is 278 g/mol. The molecule has 0 saturated heterocycles. The van der Waals surface area contributed by atoms with Gasteiger partial charge in [0, 0.05) is 11.6 Å². The van der Waals surface area contributed by atoms with Gasteiger partial charge in [-0.15, -0.1) is 0 Å². The number of furan rings is 1.